The Morgan fingerprint density at radius 3 is 2.36 bits per heavy atom. The average molecular weight is 322 g/mol. The normalized spacial score (nSPS) is 25.0. The zero-order valence-electron chi connectivity index (χ0n) is 13.6. The maximum absolute atomic E-state index is 3.68. The minimum Gasteiger partial charge on any atom is -0.0983 e. The molecule has 4 rings (SSSR count). The van der Waals surface area contributed by atoms with E-state index < -0.39 is 0 Å². The summed E-state index contributed by atoms with van der Waals surface area (Å²) in [5, 5.41) is 0. The summed E-state index contributed by atoms with van der Waals surface area (Å²) >= 11 is 1.94. The lowest BCUT2D eigenvalue weighted by atomic mass is 9.96. The molecule has 2 unspecified atom stereocenters. The van der Waals surface area contributed by atoms with E-state index in [4.69, 9.17) is 0 Å². The smallest absolute Gasteiger partial charge is 0.0392 e. The third-order valence-corrected chi connectivity index (χ3v) is 6.66. The molecule has 0 fully saturated rings. The maximum Gasteiger partial charge on any atom is 0.0392 e. The third kappa shape index (κ3) is 2.70. The van der Waals surface area contributed by atoms with E-state index in [0.717, 1.165) is 0 Å². The van der Waals surface area contributed by atoms with Crippen molar-refractivity contribution < 1.29 is 0 Å². The summed E-state index contributed by atoms with van der Waals surface area (Å²) in [4.78, 5) is 3.02. The molecular formula is C20H21SSi. The number of benzene rings is 1. The average Bonchev–Trinajstić information content (AvgIpc) is 3.10. The molecule has 3 radical (unpaired) electrons. The Morgan fingerprint density at radius 1 is 0.955 bits per heavy atom. The van der Waals surface area contributed by atoms with Crippen LogP contribution in [-0.2, 0) is 0 Å². The van der Waals surface area contributed by atoms with E-state index >= 15 is 0 Å². The molecule has 0 spiro atoms. The van der Waals surface area contributed by atoms with Gasteiger partial charge in [-0.05, 0) is 49.3 Å². The minimum absolute atomic E-state index is 0.436. The molecule has 1 aliphatic heterocycles. The Hall–Kier alpha value is -1.25. The lowest BCUT2D eigenvalue weighted by Gasteiger charge is -2.08. The molecule has 22 heavy (non-hydrogen) atoms. The molecule has 0 aromatic heterocycles. The van der Waals surface area contributed by atoms with Gasteiger partial charge in [-0.15, -0.1) is 0 Å². The number of fused-ring (bicyclic) bond motifs is 2. The van der Waals surface area contributed by atoms with Crippen molar-refractivity contribution in [3.05, 3.63) is 74.1 Å². The Morgan fingerprint density at radius 2 is 1.68 bits per heavy atom. The van der Waals surface area contributed by atoms with Crippen molar-refractivity contribution in [2.75, 3.05) is 0 Å². The topological polar surface area (TPSA) is 0 Å². The van der Waals surface area contributed by atoms with Gasteiger partial charge in [-0.25, -0.2) is 0 Å². The van der Waals surface area contributed by atoms with E-state index in [-0.39, 0.29) is 0 Å². The van der Waals surface area contributed by atoms with Crippen molar-refractivity contribution >= 4 is 28.1 Å². The summed E-state index contributed by atoms with van der Waals surface area (Å²) in [6, 6.07) is 8.48. The van der Waals surface area contributed by atoms with Crippen molar-refractivity contribution in [2.24, 2.45) is 5.92 Å². The van der Waals surface area contributed by atoms with Gasteiger partial charge in [0.15, 0.2) is 0 Å². The van der Waals surface area contributed by atoms with E-state index in [1.807, 2.05) is 11.8 Å². The van der Waals surface area contributed by atoms with E-state index in [0.29, 0.717) is 11.5 Å². The highest BCUT2D eigenvalue weighted by Gasteiger charge is 2.29. The largest absolute Gasteiger partial charge is 0.0983 e. The molecule has 0 N–H and O–H groups in total. The second-order valence-electron chi connectivity index (χ2n) is 6.20. The van der Waals surface area contributed by atoms with Crippen LogP contribution in [0.15, 0.2) is 62.9 Å². The molecule has 0 saturated carbocycles. The van der Waals surface area contributed by atoms with Crippen LogP contribution in [0.3, 0.4) is 0 Å². The van der Waals surface area contributed by atoms with Gasteiger partial charge in [-0.1, -0.05) is 71.0 Å². The summed E-state index contributed by atoms with van der Waals surface area (Å²) in [5.41, 5.74) is 7.62. The molecule has 1 heterocycles. The van der Waals surface area contributed by atoms with Crippen LogP contribution in [0, 0.1) is 5.92 Å². The molecule has 0 amide bonds. The fraction of sp³-hybridized carbons (Fsp3) is 0.300. The molecule has 2 heteroatoms. The summed E-state index contributed by atoms with van der Waals surface area (Å²) < 4.78 is 0. The van der Waals surface area contributed by atoms with Crippen LogP contribution in [0.4, 0.5) is 0 Å². The zero-order chi connectivity index (χ0) is 15.9. The highest BCUT2D eigenvalue weighted by atomic mass is 32.2. The van der Waals surface area contributed by atoms with Crippen LogP contribution >= 0.6 is 11.8 Å². The third-order valence-electron chi connectivity index (χ3n) is 4.66. The van der Waals surface area contributed by atoms with E-state index in [1.165, 1.54) is 32.1 Å². The first-order valence-electron chi connectivity index (χ1n) is 7.71. The highest BCUT2D eigenvalue weighted by Crippen LogP contribution is 2.50. The lowest BCUT2D eigenvalue weighted by Crippen LogP contribution is -1.96. The first kappa shape index (κ1) is 15.6. The molecule has 111 valence electrons. The number of hydrogen-bond acceptors (Lipinski definition) is 1. The van der Waals surface area contributed by atoms with Crippen LogP contribution < -0.4 is 0 Å². The predicted molar refractivity (Wildman–Crippen MR) is 99.9 cm³/mol. The standard InChI is InChI=1S/C10H12S.C10H9Si/c1-6-4-5-9-10(6)7(2)8(3)11-9;1-7-6-8-4-2-3-5-9(8)10(7)11/h4-5,10H,1-3H3;2-6,10H,1H3. The van der Waals surface area contributed by atoms with Crippen molar-refractivity contribution in [1.82, 2.24) is 0 Å². The first-order valence-corrected chi connectivity index (χ1v) is 9.10. The van der Waals surface area contributed by atoms with Gasteiger partial charge in [0.05, 0.1) is 0 Å². The Kier molecular flexibility index (Phi) is 4.33. The molecule has 0 saturated heterocycles. The zero-order valence-corrected chi connectivity index (χ0v) is 15.4. The van der Waals surface area contributed by atoms with Crippen LogP contribution in [-0.4, -0.2) is 10.2 Å². The quantitative estimate of drug-likeness (QED) is 0.544. The van der Waals surface area contributed by atoms with Crippen molar-refractivity contribution in [3.63, 3.8) is 0 Å². The highest BCUT2D eigenvalue weighted by molar-refractivity contribution is 8.07. The SMILES string of the molecule is CC1=CC=C2SC(C)=C(C)C12.CC1=Cc2ccccc2C1[Si]. The number of thioether (sulfide) groups is 1. The number of hydrogen-bond donors (Lipinski definition) is 0. The van der Waals surface area contributed by atoms with E-state index in [9.17, 15) is 0 Å². The Bertz CT molecular complexity index is 734. The van der Waals surface area contributed by atoms with Gasteiger partial charge in [-0.3, -0.25) is 0 Å². The Labute approximate surface area is 141 Å². The summed E-state index contributed by atoms with van der Waals surface area (Å²) in [5.74, 6) is 0.653. The van der Waals surface area contributed by atoms with Gasteiger partial charge in [0.25, 0.3) is 0 Å². The van der Waals surface area contributed by atoms with Gasteiger partial charge >= 0.3 is 0 Å². The van der Waals surface area contributed by atoms with Gasteiger partial charge in [-0.2, -0.15) is 0 Å². The second kappa shape index (κ2) is 6.09. The van der Waals surface area contributed by atoms with Crippen molar-refractivity contribution in [2.45, 2.75) is 33.2 Å². The number of allylic oxidation sites excluding steroid dienone is 7. The van der Waals surface area contributed by atoms with E-state index in [1.54, 1.807) is 5.57 Å². The molecule has 1 aromatic carbocycles. The van der Waals surface area contributed by atoms with Crippen LogP contribution in [0.2, 0.25) is 0 Å². The lowest BCUT2D eigenvalue weighted by molar-refractivity contribution is 0.903. The van der Waals surface area contributed by atoms with Crippen LogP contribution in [0.25, 0.3) is 6.08 Å². The second-order valence-corrected chi connectivity index (χ2v) is 8.07. The minimum atomic E-state index is 0.436. The summed E-state index contributed by atoms with van der Waals surface area (Å²) in [7, 11) is 3.68. The van der Waals surface area contributed by atoms with Crippen molar-refractivity contribution in [1.29, 1.82) is 0 Å². The van der Waals surface area contributed by atoms with Gasteiger partial charge in [0, 0.05) is 21.1 Å². The van der Waals surface area contributed by atoms with Crippen LogP contribution in [0.1, 0.15) is 44.4 Å². The number of rotatable bonds is 0. The molecule has 1 aromatic rings. The molecule has 0 bridgehead atoms. The molecular weight excluding hydrogens is 300 g/mol. The van der Waals surface area contributed by atoms with Gasteiger partial charge in [0.2, 0.25) is 0 Å². The van der Waals surface area contributed by atoms with Crippen LogP contribution in [0.5, 0.6) is 0 Å². The molecule has 0 nitrogen and oxygen atoms in total. The van der Waals surface area contributed by atoms with Gasteiger partial charge < -0.3 is 0 Å². The molecule has 3 aliphatic rings. The summed E-state index contributed by atoms with van der Waals surface area (Å²) in [6.45, 7) is 8.83. The molecule has 2 aliphatic carbocycles. The van der Waals surface area contributed by atoms with Crippen molar-refractivity contribution in [3.8, 4) is 0 Å². The fourth-order valence-corrected chi connectivity index (χ4v) is 4.81. The fourth-order valence-electron chi connectivity index (χ4n) is 3.22. The van der Waals surface area contributed by atoms with E-state index in [2.05, 4.69) is 80.4 Å². The predicted octanol–water partition coefficient (Wildman–Crippen LogP) is 5.80. The monoisotopic (exact) mass is 321 g/mol. The van der Waals surface area contributed by atoms with Gasteiger partial charge in [0.1, 0.15) is 0 Å². The maximum atomic E-state index is 3.68. The first-order chi connectivity index (χ1) is 10.5. The Balaban J connectivity index is 0.000000131. The molecule has 2 atom stereocenters. The summed E-state index contributed by atoms with van der Waals surface area (Å²) in [6.07, 6.45) is 6.72.